The Bertz CT molecular complexity index is 308. The normalized spacial score (nSPS) is 27.7. The first-order valence-electron chi connectivity index (χ1n) is 8.59. The molecule has 1 unspecified atom stereocenters. The van der Waals surface area contributed by atoms with Gasteiger partial charge in [-0.25, -0.2) is 0 Å². The van der Waals surface area contributed by atoms with E-state index in [1.807, 2.05) is 0 Å². The summed E-state index contributed by atoms with van der Waals surface area (Å²) in [5.74, 6) is 0. The van der Waals surface area contributed by atoms with Crippen LogP contribution in [0.15, 0.2) is 0 Å². The number of rotatable bonds is 5. The summed E-state index contributed by atoms with van der Waals surface area (Å²) in [6.07, 6.45) is 3.52. The molecule has 0 radical (unpaired) electrons. The fourth-order valence-electron chi connectivity index (χ4n) is 3.35. The zero-order valence-corrected chi connectivity index (χ0v) is 14.4. The predicted molar refractivity (Wildman–Crippen MR) is 86.7 cm³/mol. The monoisotopic (exact) mass is 298 g/mol. The lowest BCUT2D eigenvalue weighted by molar-refractivity contribution is -0.0558. The third kappa shape index (κ3) is 5.20. The molecule has 21 heavy (non-hydrogen) atoms. The van der Waals surface area contributed by atoms with Gasteiger partial charge in [0, 0.05) is 44.4 Å². The van der Waals surface area contributed by atoms with Crippen molar-refractivity contribution in [2.75, 3.05) is 46.1 Å². The smallest absolute Gasteiger partial charge is 0.0622 e. The molecule has 2 fully saturated rings. The molecule has 2 aliphatic heterocycles. The second-order valence-corrected chi connectivity index (χ2v) is 7.82. The minimum Gasteiger partial charge on any atom is -0.381 e. The van der Waals surface area contributed by atoms with Crippen LogP contribution in [0.5, 0.6) is 0 Å². The van der Waals surface area contributed by atoms with Gasteiger partial charge in [-0.05, 0) is 45.4 Å². The van der Waals surface area contributed by atoms with Crippen LogP contribution < -0.4 is 5.32 Å². The van der Waals surface area contributed by atoms with Gasteiger partial charge < -0.3 is 14.8 Å². The van der Waals surface area contributed by atoms with Crippen LogP contribution in [0, 0.1) is 5.41 Å². The Morgan fingerprint density at radius 3 is 2.48 bits per heavy atom. The van der Waals surface area contributed by atoms with Gasteiger partial charge in [0.1, 0.15) is 0 Å². The summed E-state index contributed by atoms with van der Waals surface area (Å²) >= 11 is 0. The molecule has 2 aliphatic rings. The highest BCUT2D eigenvalue weighted by molar-refractivity contribution is 4.91. The van der Waals surface area contributed by atoms with Crippen molar-refractivity contribution in [2.45, 2.75) is 58.5 Å². The molecule has 2 heterocycles. The van der Waals surface area contributed by atoms with E-state index < -0.39 is 0 Å². The Hall–Kier alpha value is -0.160. The Kier molecular flexibility index (Phi) is 6.06. The van der Waals surface area contributed by atoms with E-state index in [9.17, 15) is 0 Å². The van der Waals surface area contributed by atoms with E-state index in [1.54, 1.807) is 0 Å². The Labute approximate surface area is 130 Å². The van der Waals surface area contributed by atoms with Crippen LogP contribution in [0.3, 0.4) is 0 Å². The Morgan fingerprint density at radius 2 is 1.86 bits per heavy atom. The lowest BCUT2D eigenvalue weighted by Crippen LogP contribution is -2.55. The fourth-order valence-corrected chi connectivity index (χ4v) is 3.35. The minimum absolute atomic E-state index is 0.181. The van der Waals surface area contributed by atoms with Gasteiger partial charge in [-0.3, -0.25) is 4.90 Å². The number of ether oxygens (including phenoxy) is 2. The molecule has 1 N–H and O–H groups in total. The van der Waals surface area contributed by atoms with Crippen LogP contribution in [-0.4, -0.2) is 62.5 Å². The lowest BCUT2D eigenvalue weighted by Gasteiger charge is -2.46. The van der Waals surface area contributed by atoms with E-state index in [0.717, 1.165) is 39.5 Å². The number of hydrogen-bond donors (Lipinski definition) is 1. The molecule has 1 atom stereocenters. The maximum Gasteiger partial charge on any atom is 0.0622 e. The molecule has 0 aromatic heterocycles. The molecule has 4 heteroatoms. The molecule has 0 spiro atoms. The number of nitrogens with one attached hydrogen (secondary N) is 1. The van der Waals surface area contributed by atoms with Crippen molar-refractivity contribution in [1.82, 2.24) is 10.2 Å². The summed E-state index contributed by atoms with van der Waals surface area (Å²) in [5.41, 5.74) is 0.538. The summed E-state index contributed by atoms with van der Waals surface area (Å²) in [4.78, 5) is 2.67. The molecule has 124 valence electrons. The number of hydrogen-bond acceptors (Lipinski definition) is 4. The minimum atomic E-state index is 0.181. The van der Waals surface area contributed by atoms with Gasteiger partial charge in [0.05, 0.1) is 13.2 Å². The van der Waals surface area contributed by atoms with Gasteiger partial charge in [-0.1, -0.05) is 6.92 Å². The summed E-state index contributed by atoms with van der Waals surface area (Å²) in [5, 5.41) is 3.74. The van der Waals surface area contributed by atoms with Gasteiger partial charge >= 0.3 is 0 Å². The topological polar surface area (TPSA) is 33.7 Å². The second-order valence-electron chi connectivity index (χ2n) is 7.82. The molecule has 2 saturated heterocycles. The van der Waals surface area contributed by atoms with Crippen LogP contribution in [0.2, 0.25) is 0 Å². The van der Waals surface area contributed by atoms with Crippen molar-refractivity contribution < 1.29 is 9.47 Å². The predicted octanol–water partition coefficient (Wildman–Crippen LogP) is 2.28. The summed E-state index contributed by atoms with van der Waals surface area (Å²) < 4.78 is 11.3. The maximum atomic E-state index is 5.66. The average Bonchev–Trinajstić information content (AvgIpc) is 2.46. The SMILES string of the molecule is CCC1COCCN1CC1(CNC(C)(C)C)CCOCC1. The molecule has 0 saturated carbocycles. The van der Waals surface area contributed by atoms with Crippen LogP contribution in [-0.2, 0) is 9.47 Å². The third-order valence-corrected chi connectivity index (χ3v) is 4.91. The molecular formula is C17H34N2O2. The largest absolute Gasteiger partial charge is 0.381 e. The van der Waals surface area contributed by atoms with E-state index in [4.69, 9.17) is 9.47 Å². The highest BCUT2D eigenvalue weighted by Crippen LogP contribution is 2.33. The zero-order valence-electron chi connectivity index (χ0n) is 14.4. The lowest BCUT2D eigenvalue weighted by atomic mass is 9.78. The molecule has 0 aromatic rings. The van der Waals surface area contributed by atoms with Gasteiger partial charge in [0.2, 0.25) is 0 Å². The highest BCUT2D eigenvalue weighted by atomic mass is 16.5. The Balaban J connectivity index is 2.00. The van der Waals surface area contributed by atoms with Gasteiger partial charge in [-0.2, -0.15) is 0 Å². The Morgan fingerprint density at radius 1 is 1.14 bits per heavy atom. The molecule has 0 aromatic carbocycles. The van der Waals surface area contributed by atoms with Crippen LogP contribution in [0.25, 0.3) is 0 Å². The van der Waals surface area contributed by atoms with Crippen molar-refractivity contribution >= 4 is 0 Å². The molecule has 2 rings (SSSR count). The zero-order chi connectivity index (χ0) is 15.3. The van der Waals surface area contributed by atoms with Gasteiger partial charge in [0.25, 0.3) is 0 Å². The number of nitrogens with zero attached hydrogens (tertiary/aromatic N) is 1. The molecular weight excluding hydrogens is 264 g/mol. The highest BCUT2D eigenvalue weighted by Gasteiger charge is 2.37. The first kappa shape index (κ1) is 17.2. The summed E-state index contributed by atoms with van der Waals surface area (Å²) in [6.45, 7) is 16.0. The van der Waals surface area contributed by atoms with E-state index in [2.05, 4.69) is 37.9 Å². The molecule has 0 amide bonds. The summed E-state index contributed by atoms with van der Waals surface area (Å²) in [6, 6.07) is 0.591. The quantitative estimate of drug-likeness (QED) is 0.844. The van der Waals surface area contributed by atoms with Crippen LogP contribution in [0.1, 0.15) is 47.0 Å². The van der Waals surface area contributed by atoms with Gasteiger partial charge in [0.15, 0.2) is 0 Å². The van der Waals surface area contributed by atoms with Gasteiger partial charge in [-0.15, -0.1) is 0 Å². The molecule has 0 aliphatic carbocycles. The molecule has 4 nitrogen and oxygen atoms in total. The fraction of sp³-hybridized carbons (Fsp3) is 1.00. The van der Waals surface area contributed by atoms with E-state index in [-0.39, 0.29) is 5.54 Å². The van der Waals surface area contributed by atoms with Crippen LogP contribution in [0.4, 0.5) is 0 Å². The van der Waals surface area contributed by atoms with Crippen molar-refractivity contribution in [3.05, 3.63) is 0 Å². The summed E-state index contributed by atoms with van der Waals surface area (Å²) in [7, 11) is 0. The van der Waals surface area contributed by atoms with Crippen molar-refractivity contribution in [2.24, 2.45) is 5.41 Å². The van der Waals surface area contributed by atoms with Crippen molar-refractivity contribution in [3.8, 4) is 0 Å². The van der Waals surface area contributed by atoms with E-state index in [1.165, 1.54) is 25.8 Å². The third-order valence-electron chi connectivity index (χ3n) is 4.91. The van der Waals surface area contributed by atoms with Crippen molar-refractivity contribution in [3.63, 3.8) is 0 Å². The first-order valence-corrected chi connectivity index (χ1v) is 8.59. The van der Waals surface area contributed by atoms with Crippen LogP contribution >= 0.6 is 0 Å². The molecule has 0 bridgehead atoms. The number of morpholine rings is 1. The first-order chi connectivity index (χ1) is 9.94. The van der Waals surface area contributed by atoms with E-state index in [0.29, 0.717) is 11.5 Å². The van der Waals surface area contributed by atoms with E-state index >= 15 is 0 Å². The average molecular weight is 298 g/mol. The standard InChI is InChI=1S/C17H34N2O2/c1-5-15-12-21-11-8-19(15)14-17(6-9-20-10-7-17)13-18-16(2,3)4/h15,18H,5-14H2,1-4H3. The van der Waals surface area contributed by atoms with Crippen molar-refractivity contribution in [1.29, 1.82) is 0 Å². The second kappa shape index (κ2) is 7.40. The maximum absolute atomic E-state index is 5.66.